The maximum Gasteiger partial charge on any atom is 0.0519 e. The largest absolute Gasteiger partial charge is 0.378 e. The zero-order valence-corrected chi connectivity index (χ0v) is 13.2. The summed E-state index contributed by atoms with van der Waals surface area (Å²) in [5.74, 6) is 0. The van der Waals surface area contributed by atoms with Crippen molar-refractivity contribution in [3.63, 3.8) is 0 Å². The van der Waals surface area contributed by atoms with E-state index in [0.717, 1.165) is 6.42 Å². The fourth-order valence-electron chi connectivity index (χ4n) is 2.65. The van der Waals surface area contributed by atoms with E-state index in [0.29, 0.717) is 6.04 Å². The summed E-state index contributed by atoms with van der Waals surface area (Å²) in [4.78, 5) is 1.30. The SMILES string of the molecule is CSc1cccc(NC2CCc3cc(Br)ccc32)c1. The molecule has 1 atom stereocenters. The molecule has 2 aromatic rings. The molecule has 1 N–H and O–H groups in total. The molecule has 1 aliphatic carbocycles. The molecule has 0 saturated carbocycles. The van der Waals surface area contributed by atoms with Crippen molar-refractivity contribution >= 4 is 33.4 Å². The topological polar surface area (TPSA) is 12.0 Å². The van der Waals surface area contributed by atoms with Crippen LogP contribution in [-0.2, 0) is 6.42 Å². The van der Waals surface area contributed by atoms with Gasteiger partial charge in [-0.25, -0.2) is 0 Å². The highest BCUT2D eigenvalue weighted by Gasteiger charge is 2.22. The lowest BCUT2D eigenvalue weighted by atomic mass is 10.1. The molecule has 0 aliphatic heterocycles. The summed E-state index contributed by atoms with van der Waals surface area (Å²) in [7, 11) is 0. The second-order valence-electron chi connectivity index (χ2n) is 4.81. The Labute approximate surface area is 126 Å². The van der Waals surface area contributed by atoms with Gasteiger partial charge in [-0.15, -0.1) is 11.8 Å². The van der Waals surface area contributed by atoms with Crippen LogP contribution in [0.1, 0.15) is 23.6 Å². The molecule has 0 spiro atoms. The van der Waals surface area contributed by atoms with E-state index in [9.17, 15) is 0 Å². The van der Waals surface area contributed by atoms with Crippen LogP contribution in [0.3, 0.4) is 0 Å². The van der Waals surface area contributed by atoms with Gasteiger partial charge in [0.15, 0.2) is 0 Å². The molecule has 0 saturated heterocycles. The van der Waals surface area contributed by atoms with Crippen molar-refractivity contribution in [1.29, 1.82) is 0 Å². The molecule has 2 aromatic carbocycles. The Bertz CT molecular complexity index is 597. The van der Waals surface area contributed by atoms with Crippen molar-refractivity contribution in [2.24, 2.45) is 0 Å². The smallest absolute Gasteiger partial charge is 0.0519 e. The molecule has 0 amide bonds. The Kier molecular flexibility index (Phi) is 3.85. The fraction of sp³-hybridized carbons (Fsp3) is 0.250. The van der Waals surface area contributed by atoms with Gasteiger partial charge in [-0.3, -0.25) is 0 Å². The number of rotatable bonds is 3. The lowest BCUT2D eigenvalue weighted by Gasteiger charge is -2.16. The van der Waals surface area contributed by atoms with Crippen LogP contribution in [0.15, 0.2) is 51.8 Å². The molecule has 0 radical (unpaired) electrons. The first-order chi connectivity index (χ1) is 9.26. The van der Waals surface area contributed by atoms with Crippen LogP contribution in [0.5, 0.6) is 0 Å². The van der Waals surface area contributed by atoms with Gasteiger partial charge >= 0.3 is 0 Å². The van der Waals surface area contributed by atoms with Crippen molar-refractivity contribution in [2.45, 2.75) is 23.8 Å². The van der Waals surface area contributed by atoms with Crippen LogP contribution < -0.4 is 5.32 Å². The van der Waals surface area contributed by atoms with Crippen LogP contribution in [0, 0.1) is 0 Å². The van der Waals surface area contributed by atoms with Crippen LogP contribution in [0.4, 0.5) is 5.69 Å². The normalized spacial score (nSPS) is 17.3. The van der Waals surface area contributed by atoms with Gasteiger partial charge < -0.3 is 5.32 Å². The molecule has 0 heterocycles. The van der Waals surface area contributed by atoms with E-state index in [-0.39, 0.29) is 0 Å². The number of fused-ring (bicyclic) bond motifs is 1. The summed E-state index contributed by atoms with van der Waals surface area (Å²) in [6.07, 6.45) is 4.45. The third-order valence-corrected chi connectivity index (χ3v) is 4.81. The third-order valence-electron chi connectivity index (χ3n) is 3.59. The second kappa shape index (κ2) is 5.59. The average Bonchev–Trinajstić information content (AvgIpc) is 2.81. The van der Waals surface area contributed by atoms with Crippen molar-refractivity contribution in [3.8, 4) is 0 Å². The Morgan fingerprint density at radius 1 is 1.21 bits per heavy atom. The van der Waals surface area contributed by atoms with Crippen LogP contribution in [0.25, 0.3) is 0 Å². The number of benzene rings is 2. The zero-order valence-electron chi connectivity index (χ0n) is 10.8. The molecule has 1 nitrogen and oxygen atoms in total. The highest BCUT2D eigenvalue weighted by Crippen LogP contribution is 2.35. The van der Waals surface area contributed by atoms with Gasteiger partial charge in [0, 0.05) is 15.1 Å². The Hall–Kier alpha value is -0.930. The van der Waals surface area contributed by atoms with Crippen molar-refractivity contribution < 1.29 is 0 Å². The number of thioether (sulfide) groups is 1. The predicted molar refractivity (Wildman–Crippen MR) is 87.0 cm³/mol. The van der Waals surface area contributed by atoms with E-state index in [1.165, 1.54) is 32.6 Å². The number of nitrogens with one attached hydrogen (secondary N) is 1. The molecule has 98 valence electrons. The summed E-state index contributed by atoms with van der Waals surface area (Å²) in [6, 6.07) is 15.7. The molecule has 1 unspecified atom stereocenters. The number of hydrogen-bond acceptors (Lipinski definition) is 2. The van der Waals surface area contributed by atoms with E-state index >= 15 is 0 Å². The number of aryl methyl sites for hydroxylation is 1. The van der Waals surface area contributed by atoms with Crippen molar-refractivity contribution in [3.05, 3.63) is 58.1 Å². The molecule has 0 bridgehead atoms. The number of anilines is 1. The standard InChI is InChI=1S/C16H16BrNS/c1-19-14-4-2-3-13(10-14)18-16-8-5-11-9-12(17)6-7-15(11)16/h2-4,6-7,9-10,16,18H,5,8H2,1H3. The fourth-order valence-corrected chi connectivity index (χ4v) is 3.52. The Balaban J connectivity index is 1.82. The highest BCUT2D eigenvalue weighted by atomic mass is 79.9. The Morgan fingerprint density at radius 3 is 2.95 bits per heavy atom. The van der Waals surface area contributed by atoms with Crippen LogP contribution in [-0.4, -0.2) is 6.26 Å². The second-order valence-corrected chi connectivity index (χ2v) is 6.61. The van der Waals surface area contributed by atoms with Gasteiger partial charge in [0.05, 0.1) is 6.04 Å². The van der Waals surface area contributed by atoms with Crippen LogP contribution >= 0.6 is 27.7 Å². The predicted octanol–water partition coefficient (Wildman–Crippen LogP) is 5.27. The van der Waals surface area contributed by atoms with Gasteiger partial charge in [0.2, 0.25) is 0 Å². The van der Waals surface area contributed by atoms with E-state index in [1.807, 2.05) is 0 Å². The van der Waals surface area contributed by atoms with Crippen LogP contribution in [0.2, 0.25) is 0 Å². The molecule has 3 heteroatoms. The minimum Gasteiger partial charge on any atom is -0.378 e. The maximum absolute atomic E-state index is 3.66. The lowest BCUT2D eigenvalue weighted by molar-refractivity contribution is 0.762. The van der Waals surface area contributed by atoms with Gasteiger partial charge in [-0.05, 0) is 60.6 Å². The zero-order chi connectivity index (χ0) is 13.2. The summed E-state index contributed by atoms with van der Waals surface area (Å²) in [6.45, 7) is 0. The highest BCUT2D eigenvalue weighted by molar-refractivity contribution is 9.10. The summed E-state index contributed by atoms with van der Waals surface area (Å²) in [5, 5.41) is 3.66. The van der Waals surface area contributed by atoms with E-state index < -0.39 is 0 Å². The first-order valence-electron chi connectivity index (χ1n) is 6.45. The quantitative estimate of drug-likeness (QED) is 0.768. The number of halogens is 1. The van der Waals surface area contributed by atoms with Crippen molar-refractivity contribution in [1.82, 2.24) is 0 Å². The monoisotopic (exact) mass is 333 g/mol. The van der Waals surface area contributed by atoms with E-state index in [2.05, 4.69) is 70.0 Å². The van der Waals surface area contributed by atoms with Gasteiger partial charge in [-0.2, -0.15) is 0 Å². The third kappa shape index (κ3) is 2.82. The van der Waals surface area contributed by atoms with Gasteiger partial charge in [0.1, 0.15) is 0 Å². The van der Waals surface area contributed by atoms with Gasteiger partial charge in [0.25, 0.3) is 0 Å². The Morgan fingerprint density at radius 2 is 2.11 bits per heavy atom. The minimum atomic E-state index is 0.445. The summed E-state index contributed by atoms with van der Waals surface area (Å²) in [5.41, 5.74) is 4.12. The average molecular weight is 334 g/mol. The molecule has 0 aromatic heterocycles. The minimum absolute atomic E-state index is 0.445. The molecule has 3 rings (SSSR count). The lowest BCUT2D eigenvalue weighted by Crippen LogP contribution is -2.06. The molecular weight excluding hydrogens is 318 g/mol. The molecule has 1 aliphatic rings. The summed E-state index contributed by atoms with van der Waals surface area (Å²) >= 11 is 5.33. The summed E-state index contributed by atoms with van der Waals surface area (Å²) < 4.78 is 1.18. The van der Waals surface area contributed by atoms with Crippen molar-refractivity contribution in [2.75, 3.05) is 11.6 Å². The maximum atomic E-state index is 3.66. The first kappa shape index (κ1) is 13.1. The number of hydrogen-bond donors (Lipinski definition) is 1. The van der Waals surface area contributed by atoms with Gasteiger partial charge in [-0.1, -0.05) is 28.1 Å². The molecule has 0 fully saturated rings. The van der Waals surface area contributed by atoms with E-state index in [4.69, 9.17) is 0 Å². The van der Waals surface area contributed by atoms with E-state index in [1.54, 1.807) is 11.8 Å². The first-order valence-corrected chi connectivity index (χ1v) is 8.47. The molecular formula is C16H16BrNS. The molecule has 19 heavy (non-hydrogen) atoms.